The zero-order valence-corrected chi connectivity index (χ0v) is 11.4. The fourth-order valence-electron chi connectivity index (χ4n) is 1.53. The van der Waals surface area contributed by atoms with Crippen LogP contribution in [0.1, 0.15) is 11.4 Å². The van der Waals surface area contributed by atoms with Crippen LogP contribution in [0.25, 0.3) is 0 Å². The summed E-state index contributed by atoms with van der Waals surface area (Å²) >= 11 is 0.860. The van der Waals surface area contributed by atoms with Crippen LogP contribution in [-0.2, 0) is 0 Å². The van der Waals surface area contributed by atoms with E-state index in [9.17, 15) is 14.9 Å². The summed E-state index contributed by atoms with van der Waals surface area (Å²) in [5, 5.41) is 11.3. The van der Waals surface area contributed by atoms with Crippen molar-refractivity contribution in [3.05, 3.63) is 37.9 Å². The van der Waals surface area contributed by atoms with Crippen LogP contribution < -0.4 is 11.3 Å². The van der Waals surface area contributed by atoms with Gasteiger partial charge >= 0.3 is 5.69 Å². The second kappa shape index (κ2) is 5.25. The van der Waals surface area contributed by atoms with Gasteiger partial charge in [0.2, 0.25) is 5.95 Å². The van der Waals surface area contributed by atoms with Crippen molar-refractivity contribution in [1.29, 1.82) is 0 Å². The molecule has 0 bridgehead atoms. The third kappa shape index (κ3) is 2.91. The smallest absolute Gasteiger partial charge is 0.322 e. The van der Waals surface area contributed by atoms with Crippen LogP contribution in [0.5, 0.6) is 0 Å². The summed E-state index contributed by atoms with van der Waals surface area (Å²) in [5.74, 6) is -0.0781. The van der Waals surface area contributed by atoms with Crippen LogP contribution in [0, 0.1) is 24.0 Å². The van der Waals surface area contributed by atoms with E-state index < -0.39 is 4.92 Å². The third-order valence-corrected chi connectivity index (χ3v) is 3.13. The highest BCUT2D eigenvalue weighted by atomic mass is 32.2. The molecular formula is C10H10N6O3S. The Kier molecular flexibility index (Phi) is 3.66. The van der Waals surface area contributed by atoms with E-state index in [1.807, 2.05) is 0 Å². The largest absolute Gasteiger partial charge is 0.368 e. The van der Waals surface area contributed by atoms with Gasteiger partial charge in [0.25, 0.3) is 5.56 Å². The van der Waals surface area contributed by atoms with Gasteiger partial charge in [-0.1, -0.05) is 0 Å². The van der Waals surface area contributed by atoms with E-state index in [0.29, 0.717) is 5.69 Å². The lowest BCUT2D eigenvalue weighted by Gasteiger charge is -2.04. The molecule has 0 fully saturated rings. The lowest BCUT2D eigenvalue weighted by Crippen LogP contribution is -2.09. The molecule has 104 valence electrons. The fraction of sp³-hybridized carbons (Fsp3) is 0.200. The quantitative estimate of drug-likeness (QED) is 0.367. The van der Waals surface area contributed by atoms with E-state index in [4.69, 9.17) is 5.73 Å². The Balaban J connectivity index is 2.52. The number of nitrogen functional groups attached to an aromatic ring is 1. The summed E-state index contributed by atoms with van der Waals surface area (Å²) in [7, 11) is 0. The van der Waals surface area contributed by atoms with Gasteiger partial charge in [0.1, 0.15) is 5.69 Å². The highest BCUT2D eigenvalue weighted by Crippen LogP contribution is 2.32. The molecule has 2 rings (SSSR count). The summed E-state index contributed by atoms with van der Waals surface area (Å²) in [6.45, 7) is 3.11. The van der Waals surface area contributed by atoms with Crippen LogP contribution >= 0.6 is 11.8 Å². The molecule has 0 aliphatic heterocycles. The van der Waals surface area contributed by atoms with Crippen molar-refractivity contribution in [2.45, 2.75) is 24.0 Å². The van der Waals surface area contributed by atoms with E-state index >= 15 is 0 Å². The molecule has 0 spiro atoms. The first-order valence-electron chi connectivity index (χ1n) is 5.41. The second-order valence-electron chi connectivity index (χ2n) is 3.87. The predicted molar refractivity (Wildman–Crippen MR) is 71.6 cm³/mol. The SMILES string of the molecule is Cc1cc(=O)[nH]c(Sc2nc(N)nc(C)c2[N+](=O)[O-])n1. The van der Waals surface area contributed by atoms with Gasteiger partial charge in [-0.3, -0.25) is 14.9 Å². The van der Waals surface area contributed by atoms with Gasteiger partial charge in [-0.05, 0) is 25.6 Å². The molecule has 0 radical (unpaired) electrons. The van der Waals surface area contributed by atoms with Crippen molar-refractivity contribution in [3.63, 3.8) is 0 Å². The third-order valence-electron chi connectivity index (χ3n) is 2.27. The van der Waals surface area contributed by atoms with Crippen molar-refractivity contribution >= 4 is 23.4 Å². The molecule has 20 heavy (non-hydrogen) atoms. The number of aromatic amines is 1. The Morgan fingerprint density at radius 1 is 1.35 bits per heavy atom. The topological polar surface area (TPSA) is 141 Å². The number of H-pyrrole nitrogens is 1. The number of nitrogens with two attached hydrogens (primary N) is 1. The Hall–Kier alpha value is -2.49. The van der Waals surface area contributed by atoms with Crippen molar-refractivity contribution in [3.8, 4) is 0 Å². The Labute approximate surface area is 116 Å². The van der Waals surface area contributed by atoms with Crippen LogP contribution in [0.15, 0.2) is 21.0 Å². The molecule has 0 aromatic carbocycles. The van der Waals surface area contributed by atoms with E-state index in [2.05, 4.69) is 19.9 Å². The molecule has 9 nitrogen and oxygen atoms in total. The molecule has 0 saturated heterocycles. The number of nitro groups is 1. The first-order valence-corrected chi connectivity index (χ1v) is 6.23. The second-order valence-corrected chi connectivity index (χ2v) is 4.85. The van der Waals surface area contributed by atoms with E-state index in [0.717, 1.165) is 11.8 Å². The van der Waals surface area contributed by atoms with Crippen LogP contribution in [0.3, 0.4) is 0 Å². The number of nitrogens with zero attached hydrogens (tertiary/aromatic N) is 4. The molecule has 0 aliphatic carbocycles. The normalized spacial score (nSPS) is 10.5. The molecule has 2 aromatic rings. The van der Waals surface area contributed by atoms with Gasteiger partial charge in [0.15, 0.2) is 10.2 Å². The van der Waals surface area contributed by atoms with Crippen LogP contribution in [0.4, 0.5) is 11.6 Å². The van der Waals surface area contributed by atoms with Gasteiger partial charge in [0, 0.05) is 11.8 Å². The van der Waals surface area contributed by atoms with E-state index in [-0.39, 0.29) is 33.1 Å². The lowest BCUT2D eigenvalue weighted by atomic mass is 10.4. The molecule has 10 heteroatoms. The molecule has 3 N–H and O–H groups in total. The van der Waals surface area contributed by atoms with E-state index in [1.165, 1.54) is 13.0 Å². The summed E-state index contributed by atoms with van der Waals surface area (Å²) in [6, 6.07) is 1.32. The first kappa shape index (κ1) is 13.9. The summed E-state index contributed by atoms with van der Waals surface area (Å²) in [5.41, 5.74) is 5.54. The number of anilines is 1. The predicted octanol–water partition coefficient (Wildman–Crippen LogP) is 0.818. The Morgan fingerprint density at radius 2 is 2.05 bits per heavy atom. The molecule has 0 amide bonds. The number of aromatic nitrogens is 4. The van der Waals surface area contributed by atoms with Crippen molar-refractivity contribution in [2.24, 2.45) is 0 Å². The molecule has 0 saturated carbocycles. The van der Waals surface area contributed by atoms with E-state index in [1.54, 1.807) is 6.92 Å². The Bertz CT molecular complexity index is 744. The van der Waals surface area contributed by atoms with Gasteiger partial charge in [0.05, 0.1) is 4.92 Å². The monoisotopic (exact) mass is 294 g/mol. The highest BCUT2D eigenvalue weighted by Gasteiger charge is 2.23. The standard InChI is InChI=1S/C10H10N6O3S/c1-4-3-6(17)14-10(12-4)20-8-7(16(18)19)5(2)13-9(11)15-8/h3H,1-2H3,(H2,11,13,15)(H,12,14,17). The van der Waals surface area contributed by atoms with Gasteiger partial charge in [-0.25, -0.2) is 9.97 Å². The van der Waals surface area contributed by atoms with Crippen molar-refractivity contribution in [1.82, 2.24) is 19.9 Å². The summed E-state index contributed by atoms with van der Waals surface area (Å²) in [4.78, 5) is 36.0. The average molecular weight is 294 g/mol. The first-order chi connectivity index (χ1) is 9.36. The molecule has 0 unspecified atom stereocenters. The van der Waals surface area contributed by atoms with Crippen molar-refractivity contribution < 1.29 is 4.92 Å². The molecular weight excluding hydrogens is 284 g/mol. The number of nitrogens with one attached hydrogen (secondary N) is 1. The zero-order valence-electron chi connectivity index (χ0n) is 10.6. The zero-order chi connectivity index (χ0) is 14.9. The summed E-state index contributed by atoms with van der Waals surface area (Å²) < 4.78 is 0. The highest BCUT2D eigenvalue weighted by molar-refractivity contribution is 7.99. The minimum Gasteiger partial charge on any atom is -0.368 e. The van der Waals surface area contributed by atoms with Crippen molar-refractivity contribution in [2.75, 3.05) is 5.73 Å². The number of aryl methyl sites for hydroxylation is 2. The molecule has 2 heterocycles. The molecule has 2 aromatic heterocycles. The van der Waals surface area contributed by atoms with Gasteiger partial charge < -0.3 is 10.7 Å². The number of rotatable bonds is 3. The van der Waals surface area contributed by atoms with Gasteiger partial charge in [-0.15, -0.1) is 0 Å². The molecule has 0 aliphatic rings. The minimum atomic E-state index is -0.592. The lowest BCUT2D eigenvalue weighted by molar-refractivity contribution is -0.389. The molecule has 0 atom stereocenters. The van der Waals surface area contributed by atoms with Crippen LogP contribution in [0.2, 0.25) is 0 Å². The van der Waals surface area contributed by atoms with Gasteiger partial charge in [-0.2, -0.15) is 4.98 Å². The average Bonchev–Trinajstić information content (AvgIpc) is 2.25. The minimum absolute atomic E-state index is 0.0359. The van der Waals surface area contributed by atoms with Crippen LogP contribution in [-0.4, -0.2) is 24.9 Å². The fourth-order valence-corrected chi connectivity index (χ4v) is 2.52. The maximum absolute atomic E-state index is 11.4. The summed E-state index contributed by atoms with van der Waals surface area (Å²) in [6.07, 6.45) is 0. The Morgan fingerprint density at radius 3 is 2.65 bits per heavy atom. The number of hydrogen-bond donors (Lipinski definition) is 2. The maximum Gasteiger partial charge on any atom is 0.322 e. The maximum atomic E-state index is 11.4. The number of hydrogen-bond acceptors (Lipinski definition) is 8.